The van der Waals surface area contributed by atoms with Crippen molar-refractivity contribution in [2.45, 2.75) is 206 Å². The van der Waals surface area contributed by atoms with Gasteiger partial charge in [-0.1, -0.05) is 141 Å². The number of rotatable bonds is 42. The summed E-state index contributed by atoms with van der Waals surface area (Å²) in [6.07, 6.45) is 35.9. The fraction of sp³-hybridized carbons (Fsp3) is 0.857. The van der Waals surface area contributed by atoms with Crippen LogP contribution in [0.15, 0.2) is 24.3 Å². The van der Waals surface area contributed by atoms with Gasteiger partial charge in [0.05, 0.1) is 19.8 Å². The van der Waals surface area contributed by atoms with Gasteiger partial charge in [0.15, 0.2) is 6.10 Å². The number of esters is 2. The molecule has 0 bridgehead atoms. The molecule has 0 aliphatic carbocycles. The highest BCUT2D eigenvalue weighted by atomic mass is 31.2. The molecule has 4 N–H and O–H groups in total. The van der Waals surface area contributed by atoms with Crippen LogP contribution < -0.4 is 0 Å². The lowest BCUT2D eigenvalue weighted by atomic mass is 10.1. The van der Waals surface area contributed by atoms with Crippen molar-refractivity contribution in [2.24, 2.45) is 0 Å². The molecule has 0 heterocycles. The van der Waals surface area contributed by atoms with Gasteiger partial charge in [0.2, 0.25) is 0 Å². The van der Waals surface area contributed by atoms with Crippen molar-refractivity contribution in [3.63, 3.8) is 0 Å². The first-order valence-electron chi connectivity index (χ1n) is 22.0. The molecule has 0 aliphatic rings. The second kappa shape index (κ2) is 38.8. The van der Waals surface area contributed by atoms with Gasteiger partial charge in [-0.3, -0.25) is 23.2 Å². The Morgan fingerprint density at radius 2 is 0.860 bits per heavy atom. The summed E-state index contributed by atoms with van der Waals surface area (Å²) in [6.45, 7) is 1.74. The topological polar surface area (TPSA) is 195 Å². The van der Waals surface area contributed by atoms with Crippen molar-refractivity contribution < 1.29 is 61.6 Å². The van der Waals surface area contributed by atoms with Gasteiger partial charge in [-0.05, 0) is 64.2 Å². The van der Waals surface area contributed by atoms with Gasteiger partial charge in [0.25, 0.3) is 0 Å². The number of aliphatic hydroxyl groups is 1. The van der Waals surface area contributed by atoms with E-state index in [9.17, 15) is 28.7 Å². The Bertz CT molecular complexity index is 1110. The van der Waals surface area contributed by atoms with Crippen LogP contribution in [0.5, 0.6) is 0 Å². The second-order valence-electron chi connectivity index (χ2n) is 15.0. The van der Waals surface area contributed by atoms with E-state index in [4.69, 9.17) is 23.8 Å². The highest BCUT2D eigenvalue weighted by molar-refractivity contribution is 7.47. The summed E-state index contributed by atoms with van der Waals surface area (Å²) in [4.78, 5) is 52.7. The molecule has 0 aromatic rings. The molecule has 0 aromatic carbocycles. The molecule has 0 aromatic heterocycles. The van der Waals surface area contributed by atoms with Crippen LogP contribution in [0.25, 0.3) is 0 Å². The van der Waals surface area contributed by atoms with E-state index in [1.165, 1.54) is 83.5 Å². The first-order valence-corrected chi connectivity index (χ1v) is 25.1. The van der Waals surface area contributed by atoms with E-state index in [0.717, 1.165) is 70.6 Å². The summed E-state index contributed by atoms with van der Waals surface area (Å²) in [5, 5.41) is 9.74. The molecule has 0 aliphatic heterocycles. The number of allylic oxidation sites excluding steroid dienone is 4. The summed E-state index contributed by atoms with van der Waals surface area (Å²) < 4.78 is 47.8. The fourth-order valence-electron chi connectivity index (χ4n) is 5.93. The van der Waals surface area contributed by atoms with Crippen LogP contribution >= 0.6 is 15.6 Å². The minimum atomic E-state index is -4.86. The third kappa shape index (κ3) is 42.5. The van der Waals surface area contributed by atoms with E-state index in [2.05, 4.69) is 47.2 Å². The largest absolute Gasteiger partial charge is 0.472 e. The van der Waals surface area contributed by atoms with Crippen molar-refractivity contribution in [3.8, 4) is 0 Å². The molecule has 336 valence electrons. The van der Waals surface area contributed by atoms with E-state index in [1.54, 1.807) is 0 Å². The molecule has 57 heavy (non-hydrogen) atoms. The summed E-state index contributed by atoms with van der Waals surface area (Å²) in [6, 6.07) is 0. The Kier molecular flexibility index (Phi) is 37.8. The second-order valence-corrected chi connectivity index (χ2v) is 17.7. The predicted octanol–water partition coefficient (Wildman–Crippen LogP) is 11.1. The van der Waals surface area contributed by atoms with Crippen LogP contribution in [-0.4, -0.2) is 70.4 Å². The number of phosphoric acid groups is 2. The van der Waals surface area contributed by atoms with Crippen molar-refractivity contribution in [3.05, 3.63) is 24.3 Å². The number of hydrogen-bond acceptors (Lipinski definition) is 10. The standard InChI is InChI=1S/C42H80O13P2/c1-3-5-7-9-11-13-15-17-19-21-23-25-27-29-31-33-41(44)51-37-40(38-54-57(49,50)53-36-39(43)35-52-56(46,47)48)55-42(45)34-32-30-28-26-24-22-20-18-16-14-12-10-8-6-4-2/h14,16-17,19,39-40,43H,3-13,15,18,20-38H2,1-2H3,(H,49,50)(H2,46,47,48). The third-order valence-electron chi connectivity index (χ3n) is 9.30. The normalized spacial score (nSPS) is 14.3. The molecule has 0 amide bonds. The van der Waals surface area contributed by atoms with Crippen LogP contribution in [0, 0.1) is 0 Å². The van der Waals surface area contributed by atoms with E-state index in [-0.39, 0.29) is 19.4 Å². The molecule has 0 rings (SSSR count). The van der Waals surface area contributed by atoms with Gasteiger partial charge in [0, 0.05) is 12.8 Å². The quantitative estimate of drug-likeness (QED) is 0.0196. The molecule has 13 nitrogen and oxygen atoms in total. The number of ether oxygens (including phenoxy) is 2. The van der Waals surface area contributed by atoms with Crippen LogP contribution in [0.4, 0.5) is 0 Å². The zero-order valence-corrected chi connectivity index (χ0v) is 37.2. The molecule has 3 unspecified atom stereocenters. The fourth-order valence-corrected chi connectivity index (χ4v) is 7.08. The molecule has 0 saturated carbocycles. The molecule has 15 heteroatoms. The van der Waals surface area contributed by atoms with Crippen molar-refractivity contribution in [1.29, 1.82) is 0 Å². The zero-order valence-electron chi connectivity index (χ0n) is 35.4. The average Bonchev–Trinajstić information content (AvgIpc) is 3.17. The lowest BCUT2D eigenvalue weighted by molar-refractivity contribution is -0.161. The maximum Gasteiger partial charge on any atom is 0.472 e. The van der Waals surface area contributed by atoms with Gasteiger partial charge in [-0.15, -0.1) is 0 Å². The van der Waals surface area contributed by atoms with Crippen LogP contribution in [0.3, 0.4) is 0 Å². The smallest absolute Gasteiger partial charge is 0.462 e. The van der Waals surface area contributed by atoms with E-state index in [0.29, 0.717) is 12.8 Å². The first-order chi connectivity index (χ1) is 27.4. The number of carbonyl (C=O) groups excluding carboxylic acids is 2. The number of unbranched alkanes of at least 4 members (excludes halogenated alkanes) is 22. The van der Waals surface area contributed by atoms with E-state index >= 15 is 0 Å². The number of phosphoric ester groups is 2. The Labute approximate surface area is 344 Å². The highest BCUT2D eigenvalue weighted by Gasteiger charge is 2.28. The zero-order chi connectivity index (χ0) is 42.3. The Morgan fingerprint density at radius 1 is 0.491 bits per heavy atom. The molecule has 0 spiro atoms. The third-order valence-corrected chi connectivity index (χ3v) is 10.7. The van der Waals surface area contributed by atoms with E-state index in [1.807, 2.05) is 0 Å². The first kappa shape index (κ1) is 55.6. The Balaban J connectivity index is 4.52. The van der Waals surface area contributed by atoms with Crippen LogP contribution in [0.1, 0.15) is 194 Å². The molecule has 0 saturated heterocycles. The minimum absolute atomic E-state index is 0.126. The average molecular weight is 855 g/mol. The van der Waals surface area contributed by atoms with Crippen molar-refractivity contribution in [1.82, 2.24) is 0 Å². The van der Waals surface area contributed by atoms with Crippen LogP contribution in [0.2, 0.25) is 0 Å². The van der Waals surface area contributed by atoms with Gasteiger partial charge < -0.3 is 29.3 Å². The van der Waals surface area contributed by atoms with E-state index < -0.39 is 59.6 Å². The lowest BCUT2D eigenvalue weighted by Gasteiger charge is -2.20. The molecule has 0 fully saturated rings. The summed E-state index contributed by atoms with van der Waals surface area (Å²) in [5.41, 5.74) is 0. The Morgan fingerprint density at radius 3 is 1.32 bits per heavy atom. The molecule has 0 radical (unpaired) electrons. The Hall–Kier alpha value is -1.40. The van der Waals surface area contributed by atoms with Crippen molar-refractivity contribution >= 4 is 27.6 Å². The maximum absolute atomic E-state index is 12.7. The number of hydrogen-bond donors (Lipinski definition) is 4. The molecule has 3 atom stereocenters. The summed E-state index contributed by atoms with van der Waals surface area (Å²) in [7, 11) is -9.66. The van der Waals surface area contributed by atoms with Crippen LogP contribution in [-0.2, 0) is 41.8 Å². The van der Waals surface area contributed by atoms with Gasteiger partial charge in [-0.25, -0.2) is 9.13 Å². The lowest BCUT2D eigenvalue weighted by Crippen LogP contribution is -2.30. The van der Waals surface area contributed by atoms with Gasteiger partial charge >= 0.3 is 27.6 Å². The summed E-state index contributed by atoms with van der Waals surface area (Å²) in [5.74, 6) is -1.04. The number of aliphatic hydroxyl groups excluding tert-OH is 1. The van der Waals surface area contributed by atoms with Gasteiger partial charge in [-0.2, -0.15) is 0 Å². The summed E-state index contributed by atoms with van der Waals surface area (Å²) >= 11 is 0. The minimum Gasteiger partial charge on any atom is -0.462 e. The SMILES string of the molecule is CCCCCCC=CCCCCCCCCCC(=O)OC(COC(=O)CCCCCCCC=CCCCCCCCC)COP(=O)(O)OCC(O)COP(=O)(O)O. The van der Waals surface area contributed by atoms with Crippen molar-refractivity contribution in [2.75, 3.05) is 26.4 Å². The number of carbonyl (C=O) groups is 2. The highest BCUT2D eigenvalue weighted by Crippen LogP contribution is 2.43. The van der Waals surface area contributed by atoms with Gasteiger partial charge in [0.1, 0.15) is 12.7 Å². The predicted molar refractivity (Wildman–Crippen MR) is 225 cm³/mol. The molecular formula is C42H80O13P2. The molecular weight excluding hydrogens is 774 g/mol. The maximum atomic E-state index is 12.7. The monoisotopic (exact) mass is 855 g/mol.